The Morgan fingerprint density at radius 2 is 2.00 bits per heavy atom. The zero-order valence-electron chi connectivity index (χ0n) is 15.0. The second-order valence-electron chi connectivity index (χ2n) is 5.78. The Morgan fingerprint density at radius 3 is 2.72 bits per heavy atom. The van der Waals surface area contributed by atoms with Crippen LogP contribution < -0.4 is 14.8 Å². The van der Waals surface area contributed by atoms with Crippen molar-refractivity contribution in [3.63, 3.8) is 0 Å². The summed E-state index contributed by atoms with van der Waals surface area (Å²) < 4.78 is 11.1. The third-order valence-corrected chi connectivity index (χ3v) is 3.84. The van der Waals surface area contributed by atoms with Crippen LogP contribution in [0.5, 0.6) is 11.5 Å². The van der Waals surface area contributed by atoms with Gasteiger partial charge in [-0.25, -0.2) is 0 Å². The van der Waals surface area contributed by atoms with Crippen molar-refractivity contribution < 1.29 is 14.3 Å². The number of hydrogen-bond acceptors (Lipinski definition) is 4. The van der Waals surface area contributed by atoms with E-state index in [2.05, 4.69) is 17.2 Å². The fourth-order valence-electron chi connectivity index (χ4n) is 2.41. The van der Waals surface area contributed by atoms with E-state index in [9.17, 15) is 4.79 Å². The van der Waals surface area contributed by atoms with E-state index in [1.165, 1.54) is 12.8 Å². The lowest BCUT2D eigenvalue weighted by atomic mass is 10.2. The summed E-state index contributed by atoms with van der Waals surface area (Å²) in [6.07, 6.45) is 6.30. The molecule has 5 heteroatoms. The van der Waals surface area contributed by atoms with Crippen LogP contribution in [0.2, 0.25) is 0 Å². The largest absolute Gasteiger partial charge is 0.493 e. The molecule has 1 N–H and O–H groups in total. The van der Waals surface area contributed by atoms with Crippen molar-refractivity contribution in [2.24, 2.45) is 0 Å². The van der Waals surface area contributed by atoms with Gasteiger partial charge in [0.05, 0.1) is 26.0 Å². The molecule has 5 nitrogen and oxygen atoms in total. The number of carbonyl (C=O) groups excluding carboxylic acids is 1. The molecule has 0 fully saturated rings. The Labute approximate surface area is 149 Å². The highest BCUT2D eigenvalue weighted by Gasteiger charge is 2.11. The van der Waals surface area contributed by atoms with Crippen LogP contribution in [0.1, 0.15) is 48.7 Å². The molecule has 25 heavy (non-hydrogen) atoms. The molecule has 0 spiro atoms. The average Bonchev–Trinajstić information content (AvgIpc) is 2.66. The van der Waals surface area contributed by atoms with Crippen molar-refractivity contribution in [3.8, 4) is 11.5 Å². The molecule has 0 aliphatic carbocycles. The molecule has 0 aliphatic heterocycles. The predicted octanol–water partition coefficient (Wildman–Crippen LogP) is 3.98. The molecule has 1 aromatic heterocycles. The summed E-state index contributed by atoms with van der Waals surface area (Å²) in [6.45, 7) is 3.22. The number of methoxy groups -OCH3 is 1. The van der Waals surface area contributed by atoms with Gasteiger partial charge in [0.15, 0.2) is 11.5 Å². The Bertz CT molecular complexity index is 659. The topological polar surface area (TPSA) is 60.5 Å². The first-order chi connectivity index (χ1) is 12.2. The number of rotatable bonds is 10. The number of hydrogen-bond donors (Lipinski definition) is 1. The summed E-state index contributed by atoms with van der Waals surface area (Å²) in [7, 11) is 1.58. The quantitative estimate of drug-likeness (QED) is 0.664. The van der Waals surface area contributed by atoms with Crippen molar-refractivity contribution in [1.29, 1.82) is 0 Å². The summed E-state index contributed by atoms with van der Waals surface area (Å²) in [5.41, 5.74) is 1.35. The number of nitrogens with one attached hydrogen (secondary N) is 1. The van der Waals surface area contributed by atoms with Crippen LogP contribution in [0, 0.1) is 0 Å². The third-order valence-electron chi connectivity index (χ3n) is 3.84. The molecule has 0 unspecified atom stereocenters. The molecule has 0 radical (unpaired) electrons. The molecule has 1 heterocycles. The van der Waals surface area contributed by atoms with Gasteiger partial charge in [0.2, 0.25) is 0 Å². The first-order valence-corrected chi connectivity index (χ1v) is 8.73. The Morgan fingerprint density at radius 1 is 1.12 bits per heavy atom. The average molecular weight is 342 g/mol. The molecule has 2 aromatic rings. The molecule has 0 saturated heterocycles. The zero-order chi connectivity index (χ0) is 17.9. The fourth-order valence-corrected chi connectivity index (χ4v) is 2.41. The summed E-state index contributed by atoms with van der Waals surface area (Å²) in [5, 5.41) is 2.85. The van der Waals surface area contributed by atoms with E-state index in [1.807, 2.05) is 18.2 Å². The monoisotopic (exact) mass is 342 g/mol. The molecular formula is C20H26N2O3. The van der Waals surface area contributed by atoms with Crippen molar-refractivity contribution in [2.75, 3.05) is 13.7 Å². The molecule has 134 valence electrons. The normalized spacial score (nSPS) is 10.3. The van der Waals surface area contributed by atoms with E-state index in [0.29, 0.717) is 30.2 Å². The summed E-state index contributed by atoms with van der Waals surface area (Å²) in [6, 6.07) is 10.8. The molecule has 0 atom stereocenters. The van der Waals surface area contributed by atoms with E-state index < -0.39 is 0 Å². The number of pyridine rings is 1. The Kier molecular flexibility index (Phi) is 7.76. The molecule has 0 bridgehead atoms. The smallest absolute Gasteiger partial charge is 0.251 e. The van der Waals surface area contributed by atoms with Crippen LogP contribution in [0.4, 0.5) is 0 Å². The Balaban J connectivity index is 1.91. The number of unbranched alkanes of at least 4 members (excludes halogenated alkanes) is 3. The lowest BCUT2D eigenvalue weighted by Crippen LogP contribution is -2.23. The molecule has 1 aromatic carbocycles. The number of nitrogens with zero attached hydrogens (tertiary/aromatic N) is 1. The Hall–Kier alpha value is -2.56. The lowest BCUT2D eigenvalue weighted by Gasteiger charge is -2.12. The zero-order valence-corrected chi connectivity index (χ0v) is 15.0. The van der Waals surface area contributed by atoms with Gasteiger partial charge in [-0.2, -0.15) is 0 Å². The highest BCUT2D eigenvalue weighted by Crippen LogP contribution is 2.28. The summed E-state index contributed by atoms with van der Waals surface area (Å²) in [5.74, 6) is 1.07. The summed E-state index contributed by atoms with van der Waals surface area (Å²) in [4.78, 5) is 16.5. The van der Waals surface area contributed by atoms with Gasteiger partial charge in [0, 0.05) is 11.8 Å². The van der Waals surface area contributed by atoms with Crippen LogP contribution in [0.15, 0.2) is 42.6 Å². The fraction of sp³-hybridized carbons (Fsp3) is 0.400. The maximum absolute atomic E-state index is 12.3. The van der Waals surface area contributed by atoms with Crippen molar-refractivity contribution in [3.05, 3.63) is 53.9 Å². The van der Waals surface area contributed by atoms with Gasteiger partial charge in [0.25, 0.3) is 5.91 Å². The van der Waals surface area contributed by atoms with E-state index in [1.54, 1.807) is 31.5 Å². The summed E-state index contributed by atoms with van der Waals surface area (Å²) >= 11 is 0. The molecule has 1 amide bonds. The van der Waals surface area contributed by atoms with Crippen molar-refractivity contribution in [1.82, 2.24) is 10.3 Å². The second-order valence-corrected chi connectivity index (χ2v) is 5.78. The van der Waals surface area contributed by atoms with Gasteiger partial charge in [-0.15, -0.1) is 0 Å². The number of amides is 1. The first-order valence-electron chi connectivity index (χ1n) is 8.73. The molecule has 2 rings (SSSR count). The minimum atomic E-state index is -0.168. The lowest BCUT2D eigenvalue weighted by molar-refractivity contribution is 0.0950. The second kappa shape index (κ2) is 10.3. The van der Waals surface area contributed by atoms with Crippen LogP contribution in [-0.2, 0) is 6.54 Å². The number of benzene rings is 1. The SMILES string of the molecule is CCCCCCOc1ccc(C(=O)NCc2ccccn2)cc1OC. The maximum Gasteiger partial charge on any atom is 0.251 e. The van der Waals surface area contributed by atoms with Crippen molar-refractivity contribution in [2.45, 2.75) is 39.2 Å². The van der Waals surface area contributed by atoms with Gasteiger partial charge < -0.3 is 14.8 Å². The first kappa shape index (κ1) is 18.8. The highest BCUT2D eigenvalue weighted by molar-refractivity contribution is 5.94. The van der Waals surface area contributed by atoms with Gasteiger partial charge in [-0.05, 0) is 36.8 Å². The van der Waals surface area contributed by atoms with Gasteiger partial charge >= 0.3 is 0 Å². The molecule has 0 saturated carbocycles. The third kappa shape index (κ3) is 6.10. The van der Waals surface area contributed by atoms with Gasteiger partial charge in [-0.3, -0.25) is 9.78 Å². The van der Waals surface area contributed by atoms with Gasteiger partial charge in [0.1, 0.15) is 0 Å². The van der Waals surface area contributed by atoms with Crippen LogP contribution >= 0.6 is 0 Å². The number of aromatic nitrogens is 1. The van der Waals surface area contributed by atoms with Crippen LogP contribution in [-0.4, -0.2) is 24.6 Å². The maximum atomic E-state index is 12.3. The van der Waals surface area contributed by atoms with Crippen LogP contribution in [0.3, 0.4) is 0 Å². The molecule has 0 aliphatic rings. The minimum Gasteiger partial charge on any atom is -0.493 e. The minimum absolute atomic E-state index is 0.168. The predicted molar refractivity (Wildman–Crippen MR) is 98.0 cm³/mol. The highest BCUT2D eigenvalue weighted by atomic mass is 16.5. The number of carbonyl (C=O) groups is 1. The van der Waals surface area contributed by atoms with Crippen molar-refractivity contribution >= 4 is 5.91 Å². The van der Waals surface area contributed by atoms with E-state index in [-0.39, 0.29) is 5.91 Å². The number of ether oxygens (including phenoxy) is 2. The molecular weight excluding hydrogens is 316 g/mol. The van der Waals surface area contributed by atoms with E-state index in [0.717, 1.165) is 18.5 Å². The van der Waals surface area contributed by atoms with Gasteiger partial charge in [-0.1, -0.05) is 32.3 Å². The van der Waals surface area contributed by atoms with E-state index >= 15 is 0 Å². The van der Waals surface area contributed by atoms with E-state index in [4.69, 9.17) is 9.47 Å². The standard InChI is InChI=1S/C20H26N2O3/c1-3-4-5-8-13-25-18-11-10-16(14-19(18)24-2)20(23)22-15-17-9-6-7-12-21-17/h6-7,9-12,14H,3-5,8,13,15H2,1-2H3,(H,22,23). The van der Waals surface area contributed by atoms with Crippen LogP contribution in [0.25, 0.3) is 0 Å².